The lowest BCUT2D eigenvalue weighted by Crippen LogP contribution is -2.45. The van der Waals surface area contributed by atoms with Gasteiger partial charge < -0.3 is 14.4 Å². The highest BCUT2D eigenvalue weighted by atomic mass is 32.3. The minimum atomic E-state index is -3.68. The first-order valence-electron chi connectivity index (χ1n) is 8.41. The summed E-state index contributed by atoms with van der Waals surface area (Å²) in [5.74, 6) is -0.204. The molecule has 0 spiro atoms. The number of benzene rings is 1. The number of aryl methyl sites for hydroxylation is 1. The van der Waals surface area contributed by atoms with E-state index >= 15 is 0 Å². The lowest BCUT2D eigenvalue weighted by atomic mass is 10.1. The Hall–Kier alpha value is -2.11. The van der Waals surface area contributed by atoms with Gasteiger partial charge in [-0.25, -0.2) is 4.79 Å². The molecule has 9 nitrogen and oxygen atoms in total. The summed E-state index contributed by atoms with van der Waals surface area (Å²) in [5, 5.41) is 9.55. The molecule has 1 aliphatic rings. The van der Waals surface area contributed by atoms with Gasteiger partial charge in [-0.2, -0.15) is 0 Å². The zero-order chi connectivity index (χ0) is 19.6. The molecule has 4 atom stereocenters. The summed E-state index contributed by atoms with van der Waals surface area (Å²) in [6.07, 6.45) is -0.0968. The van der Waals surface area contributed by atoms with E-state index in [2.05, 4.69) is 9.71 Å². The number of nitrogens with one attached hydrogen (secondary N) is 2. The van der Waals surface area contributed by atoms with Gasteiger partial charge in [-0.3, -0.25) is 14.3 Å². The van der Waals surface area contributed by atoms with Gasteiger partial charge in [0.05, 0.1) is 12.6 Å². The first kappa shape index (κ1) is 19.6. The lowest BCUT2D eigenvalue weighted by Gasteiger charge is -2.22. The number of H-pyrrole nitrogens is 1. The highest BCUT2D eigenvalue weighted by molar-refractivity contribution is 7.95. The third-order valence-corrected chi connectivity index (χ3v) is 5.78. The van der Waals surface area contributed by atoms with Crippen molar-refractivity contribution in [1.82, 2.24) is 14.3 Å². The third-order valence-electron chi connectivity index (χ3n) is 4.40. The van der Waals surface area contributed by atoms with Crippen LogP contribution in [0.15, 0.2) is 46.1 Å². The maximum Gasteiger partial charge on any atom is 0.330 e. The number of aliphatic hydroxyl groups excluding tert-OH is 1. The van der Waals surface area contributed by atoms with Gasteiger partial charge >= 0.3 is 5.69 Å². The number of aliphatic hydroxyl groups is 1. The molecule has 0 bridgehead atoms. The first-order chi connectivity index (χ1) is 12.8. The van der Waals surface area contributed by atoms with Crippen molar-refractivity contribution >= 4 is 10.4 Å². The van der Waals surface area contributed by atoms with Crippen molar-refractivity contribution in [3.05, 3.63) is 68.5 Å². The Balaban J connectivity index is 1.77. The average Bonchev–Trinajstić information content (AvgIpc) is 3.00. The molecule has 3 rings (SSSR count). The van der Waals surface area contributed by atoms with Gasteiger partial charge in [0.25, 0.3) is 5.56 Å². The fourth-order valence-corrected chi connectivity index (χ4v) is 4.48. The zero-order valence-corrected chi connectivity index (χ0v) is 15.5. The second kappa shape index (κ2) is 7.87. The van der Waals surface area contributed by atoms with Crippen molar-refractivity contribution in [1.29, 1.82) is 0 Å². The maximum atomic E-state index is 12.5. The number of hydrogen-bond acceptors (Lipinski definition) is 6. The van der Waals surface area contributed by atoms with Crippen LogP contribution in [0.3, 0.4) is 0 Å². The summed E-state index contributed by atoms with van der Waals surface area (Å²) >= 11 is 0. The maximum absolute atomic E-state index is 12.5. The topological polar surface area (TPSA) is 136 Å². The van der Waals surface area contributed by atoms with Crippen LogP contribution in [0.1, 0.15) is 23.8 Å². The summed E-state index contributed by atoms with van der Waals surface area (Å²) in [4.78, 5) is 25.7. The zero-order valence-electron chi connectivity index (χ0n) is 14.7. The number of nitrogens with zero attached hydrogens (tertiary/aromatic N) is 1. The van der Waals surface area contributed by atoms with Gasteiger partial charge in [0.2, 0.25) is 0 Å². The minimum Gasteiger partial charge on any atom is -0.597 e. The van der Waals surface area contributed by atoms with E-state index in [9.17, 15) is 23.5 Å². The molecule has 1 aromatic carbocycles. The molecule has 3 N–H and O–H groups in total. The van der Waals surface area contributed by atoms with Crippen molar-refractivity contribution in [2.24, 2.45) is 0 Å². The Morgan fingerprint density at radius 1 is 1.37 bits per heavy atom. The summed E-state index contributed by atoms with van der Waals surface area (Å²) < 4.78 is 34.3. The number of aromatic amines is 1. The summed E-state index contributed by atoms with van der Waals surface area (Å²) in [6, 6.07) is 8.01. The van der Waals surface area contributed by atoms with E-state index in [-0.39, 0.29) is 12.2 Å². The molecule has 1 aliphatic heterocycles. The molecule has 2 aromatic rings. The summed E-state index contributed by atoms with van der Waals surface area (Å²) in [7, 11) is -3.68. The number of rotatable bonds is 6. The van der Waals surface area contributed by atoms with Gasteiger partial charge in [0, 0.05) is 23.7 Å². The van der Waals surface area contributed by atoms with E-state index in [1.807, 2.05) is 0 Å². The van der Waals surface area contributed by atoms with Crippen molar-refractivity contribution < 1.29 is 18.6 Å². The van der Waals surface area contributed by atoms with Gasteiger partial charge in [-0.05, 0) is 6.92 Å². The highest BCUT2D eigenvalue weighted by Crippen LogP contribution is 2.28. The van der Waals surface area contributed by atoms with E-state index in [0.29, 0.717) is 11.1 Å². The van der Waals surface area contributed by atoms with Crippen LogP contribution >= 0.6 is 0 Å². The third kappa shape index (κ3) is 4.60. The monoisotopic (exact) mass is 395 g/mol. The Labute approximate surface area is 156 Å². The smallest absolute Gasteiger partial charge is 0.330 e. The molecule has 27 heavy (non-hydrogen) atoms. The van der Waals surface area contributed by atoms with E-state index in [0.717, 1.165) is 0 Å². The predicted molar refractivity (Wildman–Crippen MR) is 97.6 cm³/mol. The number of ether oxygens (including phenoxy) is 1. The van der Waals surface area contributed by atoms with Crippen LogP contribution in [0.5, 0.6) is 0 Å². The lowest BCUT2D eigenvalue weighted by molar-refractivity contribution is -0.0280. The van der Waals surface area contributed by atoms with Crippen LogP contribution in [0.25, 0.3) is 0 Å². The van der Waals surface area contributed by atoms with Crippen LogP contribution in [-0.2, 0) is 25.1 Å². The van der Waals surface area contributed by atoms with Crippen molar-refractivity contribution in [3.8, 4) is 0 Å². The molecule has 1 fully saturated rings. The predicted octanol–water partition coefficient (Wildman–Crippen LogP) is -0.172. The fourth-order valence-electron chi connectivity index (χ4n) is 3.06. The Morgan fingerprint density at radius 2 is 2.07 bits per heavy atom. The van der Waals surface area contributed by atoms with Crippen molar-refractivity contribution in [3.63, 3.8) is 0 Å². The number of sulfonamides is 1. The molecule has 0 radical (unpaired) electrons. The molecule has 10 heteroatoms. The second-order valence-corrected chi connectivity index (χ2v) is 8.25. The van der Waals surface area contributed by atoms with E-state index in [1.54, 1.807) is 37.3 Å². The van der Waals surface area contributed by atoms with Gasteiger partial charge in [0.15, 0.2) is 5.75 Å². The molecule has 146 valence electrons. The molecule has 2 heterocycles. The molecule has 1 unspecified atom stereocenters. The Morgan fingerprint density at radius 3 is 2.74 bits per heavy atom. The highest BCUT2D eigenvalue weighted by Gasteiger charge is 2.40. The number of hydrogen-bond donors (Lipinski definition) is 3. The molecule has 0 aliphatic carbocycles. The van der Waals surface area contributed by atoms with Crippen molar-refractivity contribution in [2.75, 3.05) is 6.61 Å². The molecule has 1 saturated heterocycles. The normalized spacial score (nSPS) is 24.6. The van der Waals surface area contributed by atoms with Crippen LogP contribution < -0.4 is 16.0 Å². The quantitative estimate of drug-likeness (QED) is 0.581. The van der Waals surface area contributed by atoms with Gasteiger partial charge in [-0.15, -0.1) is 4.72 Å². The Bertz CT molecular complexity index is 957. The van der Waals surface area contributed by atoms with E-state index < -0.39 is 46.6 Å². The average molecular weight is 395 g/mol. The second-order valence-electron chi connectivity index (χ2n) is 6.50. The molecule has 0 amide bonds. The fraction of sp³-hybridized carbons (Fsp3) is 0.412. The SMILES string of the molecule is Cc1cn([C@H]2C[C@H](N[S+](=O)([O-])Cc3ccccc3)[C@@H](CO)O2)c(=O)[nH]c1=O. The largest absolute Gasteiger partial charge is 0.597 e. The van der Waals surface area contributed by atoms with Crippen LogP contribution in [0.4, 0.5) is 0 Å². The molecule has 1 aromatic heterocycles. The van der Waals surface area contributed by atoms with Crippen LogP contribution in [0.2, 0.25) is 0 Å². The summed E-state index contributed by atoms with van der Waals surface area (Å²) in [5.41, 5.74) is -0.187. The summed E-state index contributed by atoms with van der Waals surface area (Å²) in [6.45, 7) is 1.14. The van der Waals surface area contributed by atoms with Crippen LogP contribution in [-0.4, -0.2) is 38.0 Å². The molecule has 0 saturated carbocycles. The van der Waals surface area contributed by atoms with E-state index in [1.165, 1.54) is 10.8 Å². The molecular formula is C17H21N3O6S. The minimum absolute atomic E-state index is 0.143. The Kier molecular flexibility index (Phi) is 5.72. The molecular weight excluding hydrogens is 374 g/mol. The standard InChI is InChI=1S/C17H21N3O6S/c1-11-8-20(17(23)18-16(11)22)15-7-13(14(9-21)26-15)19-27(24,25)10-12-5-3-2-4-6-12/h2-6,8,13-15,21H,7,9-10H2,1H3,(H2-,18,19,22,23,24,25)/t13-,14+,15+/m0/s1. The number of aromatic nitrogens is 2. The van der Waals surface area contributed by atoms with Crippen molar-refractivity contribution in [2.45, 2.75) is 37.5 Å². The first-order valence-corrected chi connectivity index (χ1v) is 10.1. The van der Waals surface area contributed by atoms with E-state index in [4.69, 9.17) is 4.74 Å². The van der Waals surface area contributed by atoms with Gasteiger partial charge in [-0.1, -0.05) is 34.5 Å². The van der Waals surface area contributed by atoms with Gasteiger partial charge in [0.1, 0.15) is 22.7 Å². The van der Waals surface area contributed by atoms with Crippen LogP contribution in [0, 0.1) is 6.92 Å².